The van der Waals surface area contributed by atoms with Crippen LogP contribution in [0.15, 0.2) is 66.9 Å². The van der Waals surface area contributed by atoms with Crippen LogP contribution in [0.5, 0.6) is 5.75 Å². The van der Waals surface area contributed by atoms with E-state index in [0.29, 0.717) is 25.3 Å². The van der Waals surface area contributed by atoms with Gasteiger partial charge in [0, 0.05) is 55.6 Å². The average molecular weight is 443 g/mol. The first kappa shape index (κ1) is 21.6. The van der Waals surface area contributed by atoms with Gasteiger partial charge in [0.15, 0.2) is 0 Å². The highest BCUT2D eigenvalue weighted by Crippen LogP contribution is 2.45. The van der Waals surface area contributed by atoms with Gasteiger partial charge in [-0.1, -0.05) is 30.3 Å². The van der Waals surface area contributed by atoms with E-state index in [1.54, 1.807) is 0 Å². The van der Waals surface area contributed by atoms with Crippen LogP contribution in [0.3, 0.4) is 0 Å². The molecule has 1 aliphatic heterocycles. The zero-order valence-corrected chi connectivity index (χ0v) is 19.3. The summed E-state index contributed by atoms with van der Waals surface area (Å²) in [5.41, 5.74) is 5.61. The van der Waals surface area contributed by atoms with Crippen LogP contribution in [0.4, 0.5) is 0 Å². The van der Waals surface area contributed by atoms with Gasteiger partial charge in [0.2, 0.25) is 0 Å². The lowest BCUT2D eigenvalue weighted by Crippen LogP contribution is -2.49. The number of aromatic nitrogens is 1. The molecule has 0 saturated carbocycles. The minimum absolute atomic E-state index is 0.0865. The van der Waals surface area contributed by atoms with Crippen molar-refractivity contribution in [1.82, 2.24) is 19.7 Å². The Morgan fingerprint density at radius 3 is 2.45 bits per heavy atom. The van der Waals surface area contributed by atoms with Crippen molar-refractivity contribution in [3.05, 3.63) is 83.6 Å². The Hall–Kier alpha value is -3.22. The number of ether oxygens (including phenoxy) is 1. The van der Waals surface area contributed by atoms with Crippen molar-refractivity contribution in [2.45, 2.75) is 6.04 Å². The molecular weight excluding hydrogens is 412 g/mol. The van der Waals surface area contributed by atoms with E-state index in [1.807, 2.05) is 55.5 Å². The van der Waals surface area contributed by atoms with E-state index in [-0.39, 0.29) is 11.9 Å². The topological polar surface area (TPSA) is 48.9 Å². The molecule has 2 aromatic carbocycles. The molecule has 1 aromatic heterocycles. The molecule has 1 unspecified atom stereocenters. The number of hydrogen-bond donors (Lipinski definition) is 0. The summed E-state index contributed by atoms with van der Waals surface area (Å²) in [5.74, 6) is 0.883. The fraction of sp³-hybridized carbons (Fsp3) is 0.333. The quantitative estimate of drug-likeness (QED) is 0.584. The van der Waals surface area contributed by atoms with Crippen molar-refractivity contribution in [3.8, 4) is 17.0 Å². The van der Waals surface area contributed by atoms with Crippen LogP contribution in [0.25, 0.3) is 11.3 Å². The molecular formula is C27H30N4O2. The van der Waals surface area contributed by atoms with Crippen LogP contribution in [0, 0.1) is 0 Å². The molecule has 2 aliphatic rings. The lowest BCUT2D eigenvalue weighted by molar-refractivity contribution is 0.0600. The Bertz CT molecular complexity index is 1080. The molecule has 33 heavy (non-hydrogen) atoms. The number of piperazine rings is 1. The normalized spacial score (nSPS) is 17.7. The van der Waals surface area contributed by atoms with Gasteiger partial charge in [-0.05, 0) is 50.0 Å². The molecule has 1 aliphatic carbocycles. The molecule has 2 heterocycles. The third kappa shape index (κ3) is 4.36. The number of nitrogens with zero attached hydrogens (tertiary/aromatic N) is 4. The number of rotatable bonds is 6. The van der Waals surface area contributed by atoms with Crippen LogP contribution < -0.4 is 4.74 Å². The number of amides is 1. The summed E-state index contributed by atoms with van der Waals surface area (Å²) < 4.78 is 5.75. The van der Waals surface area contributed by atoms with E-state index >= 15 is 0 Å². The maximum absolute atomic E-state index is 13.1. The van der Waals surface area contributed by atoms with E-state index < -0.39 is 0 Å². The van der Waals surface area contributed by atoms with Crippen LogP contribution in [-0.2, 0) is 0 Å². The Morgan fingerprint density at radius 1 is 0.970 bits per heavy atom. The molecule has 0 bridgehead atoms. The van der Waals surface area contributed by atoms with E-state index in [2.05, 4.69) is 45.1 Å². The highest BCUT2D eigenvalue weighted by atomic mass is 16.5. The summed E-state index contributed by atoms with van der Waals surface area (Å²) >= 11 is 0. The predicted octanol–water partition coefficient (Wildman–Crippen LogP) is 3.55. The summed E-state index contributed by atoms with van der Waals surface area (Å²) in [7, 11) is 4.04. The SMILES string of the molecule is CN(C)CCOc1ccc(C(=O)N2CCN(C3c4ccccc4-c4ncccc43)CC2)cc1. The summed E-state index contributed by atoms with van der Waals surface area (Å²) in [6, 6.07) is 20.5. The number of benzene rings is 2. The predicted molar refractivity (Wildman–Crippen MR) is 129 cm³/mol. The lowest BCUT2D eigenvalue weighted by Gasteiger charge is -2.38. The van der Waals surface area contributed by atoms with Gasteiger partial charge in [-0.25, -0.2) is 0 Å². The van der Waals surface area contributed by atoms with Gasteiger partial charge in [-0.2, -0.15) is 0 Å². The standard InChI is InChI=1S/C27H30N4O2/c1-29(2)18-19-33-21-11-9-20(10-12-21)27(32)31-16-14-30(15-17-31)26-23-7-4-3-6-22(23)25-24(26)8-5-13-28-25/h3-13,26H,14-19H2,1-2H3. The van der Waals surface area contributed by atoms with Crippen LogP contribution in [0.1, 0.15) is 27.5 Å². The van der Waals surface area contributed by atoms with Gasteiger partial charge in [-0.3, -0.25) is 14.7 Å². The zero-order chi connectivity index (χ0) is 22.8. The highest BCUT2D eigenvalue weighted by Gasteiger charge is 2.35. The summed E-state index contributed by atoms with van der Waals surface area (Å²) in [6.45, 7) is 4.60. The lowest BCUT2D eigenvalue weighted by atomic mass is 10.0. The largest absolute Gasteiger partial charge is 0.492 e. The number of fused-ring (bicyclic) bond motifs is 3. The molecule has 1 amide bonds. The number of carbonyl (C=O) groups excluding carboxylic acids is 1. The van der Waals surface area contributed by atoms with Crippen molar-refractivity contribution >= 4 is 5.91 Å². The van der Waals surface area contributed by atoms with Gasteiger partial charge < -0.3 is 14.5 Å². The molecule has 6 nitrogen and oxygen atoms in total. The molecule has 6 heteroatoms. The molecule has 1 saturated heterocycles. The van der Waals surface area contributed by atoms with Crippen LogP contribution in [-0.4, -0.2) is 79.0 Å². The first-order valence-electron chi connectivity index (χ1n) is 11.6. The Kier molecular flexibility index (Phi) is 6.11. The molecule has 170 valence electrons. The Balaban J connectivity index is 1.23. The number of carbonyl (C=O) groups is 1. The Labute approximate surface area is 195 Å². The van der Waals surface area contributed by atoms with Gasteiger partial charge in [0.25, 0.3) is 5.91 Å². The second-order valence-electron chi connectivity index (χ2n) is 8.94. The maximum Gasteiger partial charge on any atom is 0.253 e. The third-order valence-corrected chi connectivity index (χ3v) is 6.52. The molecule has 0 N–H and O–H groups in total. The van der Waals surface area contributed by atoms with Crippen molar-refractivity contribution in [1.29, 1.82) is 0 Å². The summed E-state index contributed by atoms with van der Waals surface area (Å²) in [4.78, 5) is 24.3. The number of hydrogen-bond acceptors (Lipinski definition) is 5. The van der Waals surface area contributed by atoms with Gasteiger partial charge in [0.05, 0.1) is 11.7 Å². The van der Waals surface area contributed by atoms with Crippen molar-refractivity contribution in [3.63, 3.8) is 0 Å². The number of likely N-dealkylation sites (N-methyl/N-ethyl adjacent to an activating group) is 1. The van der Waals surface area contributed by atoms with Crippen LogP contribution in [0.2, 0.25) is 0 Å². The van der Waals surface area contributed by atoms with Gasteiger partial charge >= 0.3 is 0 Å². The van der Waals surface area contributed by atoms with E-state index in [4.69, 9.17) is 4.74 Å². The van der Waals surface area contributed by atoms with E-state index in [1.165, 1.54) is 16.7 Å². The highest BCUT2D eigenvalue weighted by molar-refractivity contribution is 5.94. The zero-order valence-electron chi connectivity index (χ0n) is 19.3. The molecule has 1 fully saturated rings. The maximum atomic E-state index is 13.1. The van der Waals surface area contributed by atoms with Crippen LogP contribution >= 0.6 is 0 Å². The van der Waals surface area contributed by atoms with Gasteiger partial charge in [-0.15, -0.1) is 0 Å². The first-order chi connectivity index (χ1) is 16.1. The fourth-order valence-electron chi connectivity index (χ4n) is 4.78. The smallest absolute Gasteiger partial charge is 0.253 e. The first-order valence-corrected chi connectivity index (χ1v) is 11.6. The molecule has 0 radical (unpaired) electrons. The van der Waals surface area contributed by atoms with Crippen molar-refractivity contribution in [2.24, 2.45) is 0 Å². The van der Waals surface area contributed by atoms with Crippen molar-refractivity contribution in [2.75, 3.05) is 53.4 Å². The molecule has 3 aromatic rings. The monoisotopic (exact) mass is 442 g/mol. The van der Waals surface area contributed by atoms with E-state index in [0.717, 1.165) is 31.1 Å². The minimum Gasteiger partial charge on any atom is -0.492 e. The summed E-state index contributed by atoms with van der Waals surface area (Å²) in [5, 5.41) is 0. The minimum atomic E-state index is 0.0865. The molecule has 1 atom stereocenters. The average Bonchev–Trinajstić information content (AvgIpc) is 3.18. The number of pyridine rings is 1. The second-order valence-corrected chi connectivity index (χ2v) is 8.94. The van der Waals surface area contributed by atoms with Crippen molar-refractivity contribution < 1.29 is 9.53 Å². The molecule has 5 rings (SSSR count). The Morgan fingerprint density at radius 2 is 1.70 bits per heavy atom. The molecule has 0 spiro atoms. The summed E-state index contributed by atoms with van der Waals surface area (Å²) in [6.07, 6.45) is 1.87. The van der Waals surface area contributed by atoms with Gasteiger partial charge in [0.1, 0.15) is 12.4 Å². The van der Waals surface area contributed by atoms with E-state index in [9.17, 15) is 4.79 Å². The fourth-order valence-corrected chi connectivity index (χ4v) is 4.78. The third-order valence-electron chi connectivity index (χ3n) is 6.52. The second kappa shape index (κ2) is 9.33.